The quantitative estimate of drug-likeness (QED) is 0.452. The summed E-state index contributed by atoms with van der Waals surface area (Å²) in [5.74, 6) is 0.503. The van der Waals surface area contributed by atoms with Crippen LogP contribution in [0.4, 0.5) is 0 Å². The zero-order valence-corrected chi connectivity index (χ0v) is 19.2. The van der Waals surface area contributed by atoms with Gasteiger partial charge in [-0.3, -0.25) is 18.8 Å². The Morgan fingerprint density at radius 2 is 1.84 bits per heavy atom. The summed E-state index contributed by atoms with van der Waals surface area (Å²) in [4.78, 5) is 33.5. The Morgan fingerprint density at radius 1 is 1.09 bits per heavy atom. The summed E-state index contributed by atoms with van der Waals surface area (Å²) in [6.07, 6.45) is 0. The molecule has 4 rings (SSSR count). The number of hydrogen-bond donors (Lipinski definition) is 0. The molecule has 1 fully saturated rings. The van der Waals surface area contributed by atoms with E-state index in [4.69, 9.17) is 9.47 Å². The Balaban J connectivity index is 1.83. The van der Waals surface area contributed by atoms with Gasteiger partial charge in [0.2, 0.25) is 5.95 Å². The molecule has 1 saturated heterocycles. The summed E-state index contributed by atoms with van der Waals surface area (Å²) in [5, 5.41) is 4.54. The van der Waals surface area contributed by atoms with Gasteiger partial charge in [0.1, 0.15) is 0 Å². The molecular weight excluding hydrogens is 414 g/mol. The van der Waals surface area contributed by atoms with Crippen LogP contribution in [0.5, 0.6) is 0 Å². The molecule has 0 bridgehead atoms. The smallest absolute Gasteiger partial charge is 0.332 e. The first-order valence-corrected chi connectivity index (χ1v) is 11.0. The molecule has 0 unspecified atom stereocenters. The molecule has 0 radical (unpaired) electrons. The molecule has 1 aliphatic rings. The maximum Gasteiger partial charge on any atom is 0.332 e. The van der Waals surface area contributed by atoms with E-state index in [9.17, 15) is 9.59 Å². The summed E-state index contributed by atoms with van der Waals surface area (Å²) in [5.41, 5.74) is 1.77. The number of rotatable bonds is 8. The van der Waals surface area contributed by atoms with E-state index in [2.05, 4.69) is 15.0 Å². The molecule has 0 N–H and O–H groups in total. The monoisotopic (exact) mass is 445 g/mol. The second-order valence-electron chi connectivity index (χ2n) is 8.02. The van der Waals surface area contributed by atoms with E-state index in [1.807, 2.05) is 31.4 Å². The van der Waals surface area contributed by atoms with Gasteiger partial charge in [-0.25, -0.2) is 9.48 Å². The Morgan fingerprint density at radius 3 is 2.50 bits per heavy atom. The van der Waals surface area contributed by atoms with Crippen LogP contribution in [0.15, 0.2) is 15.7 Å². The first-order chi connectivity index (χ1) is 15.4. The first-order valence-electron chi connectivity index (χ1n) is 11.0. The molecule has 0 amide bonds. The van der Waals surface area contributed by atoms with Gasteiger partial charge in [0, 0.05) is 52.1 Å². The third kappa shape index (κ3) is 4.15. The molecule has 0 aromatic carbocycles. The van der Waals surface area contributed by atoms with E-state index in [-0.39, 0.29) is 11.2 Å². The molecule has 3 aromatic rings. The van der Waals surface area contributed by atoms with Crippen molar-refractivity contribution in [3.8, 4) is 5.95 Å². The lowest BCUT2D eigenvalue weighted by Gasteiger charge is -2.26. The number of hydrogen-bond acceptors (Lipinski definition) is 7. The van der Waals surface area contributed by atoms with Gasteiger partial charge in [0.05, 0.1) is 25.5 Å². The zero-order chi connectivity index (χ0) is 22.8. The highest BCUT2D eigenvalue weighted by Gasteiger charge is 2.23. The fourth-order valence-corrected chi connectivity index (χ4v) is 4.13. The van der Waals surface area contributed by atoms with Crippen LogP contribution in [-0.2, 0) is 29.6 Å². The van der Waals surface area contributed by atoms with E-state index in [0.29, 0.717) is 63.2 Å². The van der Waals surface area contributed by atoms with Crippen LogP contribution in [0.1, 0.15) is 18.3 Å². The van der Waals surface area contributed by atoms with Crippen LogP contribution in [0.2, 0.25) is 0 Å². The van der Waals surface area contributed by atoms with E-state index in [0.717, 1.165) is 24.5 Å². The standard InChI is InChI=1S/C21H31N7O4/c1-5-31-13-10-26-17-18(22-20(26)28-16(3)14-15(2)23-28)24(4)21(30)27(19(17)29)7-6-25-8-11-32-12-9-25/h14H,5-13H2,1-4H3. The molecule has 3 aromatic heterocycles. The van der Waals surface area contributed by atoms with E-state index in [1.165, 1.54) is 9.13 Å². The normalized spacial score (nSPS) is 15.1. The van der Waals surface area contributed by atoms with E-state index >= 15 is 0 Å². The first kappa shape index (κ1) is 22.4. The number of aryl methyl sites for hydroxylation is 3. The SMILES string of the molecule is CCOCCn1c(-n2nc(C)cc2C)nc2c1c(=O)n(CCN1CCOCC1)c(=O)n2C. The molecule has 32 heavy (non-hydrogen) atoms. The molecule has 0 saturated carbocycles. The number of ether oxygens (including phenoxy) is 2. The minimum Gasteiger partial charge on any atom is -0.380 e. The van der Waals surface area contributed by atoms with Crippen LogP contribution in [0.3, 0.4) is 0 Å². The lowest BCUT2D eigenvalue weighted by atomic mass is 10.4. The van der Waals surface area contributed by atoms with Crippen molar-refractivity contribution in [2.75, 3.05) is 46.1 Å². The molecule has 4 heterocycles. The Hall–Kier alpha value is -2.76. The van der Waals surface area contributed by atoms with Crippen LogP contribution in [0, 0.1) is 13.8 Å². The number of nitrogens with zero attached hydrogens (tertiary/aromatic N) is 7. The lowest BCUT2D eigenvalue weighted by Crippen LogP contribution is -2.44. The molecule has 1 aliphatic heterocycles. The van der Waals surface area contributed by atoms with Crippen LogP contribution in [-0.4, -0.2) is 79.4 Å². The number of fused-ring (bicyclic) bond motifs is 1. The van der Waals surface area contributed by atoms with Crippen molar-refractivity contribution in [1.29, 1.82) is 0 Å². The van der Waals surface area contributed by atoms with Crippen LogP contribution < -0.4 is 11.2 Å². The highest BCUT2D eigenvalue weighted by molar-refractivity contribution is 5.72. The Labute approximate surface area is 185 Å². The zero-order valence-electron chi connectivity index (χ0n) is 19.2. The van der Waals surface area contributed by atoms with Gasteiger partial charge < -0.3 is 14.0 Å². The highest BCUT2D eigenvalue weighted by atomic mass is 16.5. The number of aromatic nitrogens is 6. The molecule has 0 atom stereocenters. The molecule has 0 aliphatic carbocycles. The Bertz CT molecular complexity index is 1210. The van der Waals surface area contributed by atoms with Crippen molar-refractivity contribution in [3.63, 3.8) is 0 Å². The summed E-state index contributed by atoms with van der Waals surface area (Å²) in [7, 11) is 1.65. The average molecular weight is 446 g/mol. The van der Waals surface area contributed by atoms with E-state index < -0.39 is 0 Å². The fraction of sp³-hybridized carbons (Fsp3) is 0.619. The van der Waals surface area contributed by atoms with Crippen molar-refractivity contribution >= 4 is 11.2 Å². The van der Waals surface area contributed by atoms with E-state index in [1.54, 1.807) is 11.7 Å². The molecule has 11 heteroatoms. The number of imidazole rings is 1. The van der Waals surface area contributed by atoms with Crippen molar-refractivity contribution in [1.82, 2.24) is 33.4 Å². The van der Waals surface area contributed by atoms with Gasteiger partial charge in [-0.15, -0.1) is 0 Å². The maximum atomic E-state index is 13.5. The Kier molecular flexibility index (Phi) is 6.58. The predicted octanol–water partition coefficient (Wildman–Crippen LogP) is 0.0679. The second kappa shape index (κ2) is 9.39. The number of morpholine rings is 1. The minimum absolute atomic E-state index is 0.313. The van der Waals surface area contributed by atoms with Gasteiger partial charge in [-0.1, -0.05) is 0 Å². The summed E-state index contributed by atoms with van der Waals surface area (Å²) in [6, 6.07) is 1.95. The molecular formula is C21H31N7O4. The average Bonchev–Trinajstić information content (AvgIpc) is 3.32. The van der Waals surface area contributed by atoms with Gasteiger partial charge in [-0.2, -0.15) is 10.1 Å². The van der Waals surface area contributed by atoms with Crippen molar-refractivity contribution < 1.29 is 9.47 Å². The molecule has 11 nitrogen and oxygen atoms in total. The van der Waals surface area contributed by atoms with Crippen molar-refractivity contribution in [3.05, 3.63) is 38.3 Å². The third-order valence-electron chi connectivity index (χ3n) is 5.82. The van der Waals surface area contributed by atoms with Crippen molar-refractivity contribution in [2.24, 2.45) is 7.05 Å². The third-order valence-corrected chi connectivity index (χ3v) is 5.82. The van der Waals surface area contributed by atoms with Gasteiger partial charge in [0.15, 0.2) is 11.2 Å². The largest absolute Gasteiger partial charge is 0.380 e. The molecule has 0 spiro atoms. The highest BCUT2D eigenvalue weighted by Crippen LogP contribution is 2.17. The van der Waals surface area contributed by atoms with Gasteiger partial charge in [0.25, 0.3) is 5.56 Å². The second-order valence-corrected chi connectivity index (χ2v) is 8.02. The van der Waals surface area contributed by atoms with Crippen LogP contribution >= 0.6 is 0 Å². The lowest BCUT2D eigenvalue weighted by molar-refractivity contribution is 0.0361. The summed E-state index contributed by atoms with van der Waals surface area (Å²) < 4.78 is 17.2. The summed E-state index contributed by atoms with van der Waals surface area (Å²) in [6.45, 7) is 11.0. The van der Waals surface area contributed by atoms with Gasteiger partial charge >= 0.3 is 5.69 Å². The minimum atomic E-state index is -0.370. The topological polar surface area (TPSA) is 101 Å². The van der Waals surface area contributed by atoms with Gasteiger partial charge in [-0.05, 0) is 26.8 Å². The predicted molar refractivity (Wildman–Crippen MR) is 120 cm³/mol. The van der Waals surface area contributed by atoms with Crippen LogP contribution in [0.25, 0.3) is 17.1 Å². The van der Waals surface area contributed by atoms with Crippen molar-refractivity contribution in [2.45, 2.75) is 33.9 Å². The molecule has 174 valence electrons. The fourth-order valence-electron chi connectivity index (χ4n) is 4.13. The summed E-state index contributed by atoms with van der Waals surface area (Å²) >= 11 is 0. The maximum absolute atomic E-state index is 13.5.